The first-order valence-corrected chi connectivity index (χ1v) is 5.44. The van der Waals surface area contributed by atoms with Crippen molar-refractivity contribution in [3.8, 4) is 5.75 Å². The summed E-state index contributed by atoms with van der Waals surface area (Å²) in [5.41, 5.74) is 0.985. The summed E-state index contributed by atoms with van der Waals surface area (Å²) in [6.07, 6.45) is 1.28. The van der Waals surface area contributed by atoms with Gasteiger partial charge in [0.2, 0.25) is 0 Å². The van der Waals surface area contributed by atoms with E-state index >= 15 is 0 Å². The van der Waals surface area contributed by atoms with Crippen LogP contribution in [0.5, 0.6) is 5.75 Å². The Bertz CT molecular complexity index is 338. The van der Waals surface area contributed by atoms with Gasteiger partial charge in [-0.2, -0.15) is 0 Å². The van der Waals surface area contributed by atoms with Crippen molar-refractivity contribution in [2.45, 2.75) is 25.2 Å². The number of ether oxygens (including phenoxy) is 3. The fourth-order valence-corrected chi connectivity index (χ4v) is 1.75. The van der Waals surface area contributed by atoms with Crippen LogP contribution in [0, 0.1) is 6.92 Å². The first kappa shape index (κ1) is 11.4. The minimum atomic E-state index is -0.286. The van der Waals surface area contributed by atoms with Crippen molar-refractivity contribution in [2.75, 3.05) is 13.7 Å². The molecular formula is C13H16O3. The highest BCUT2D eigenvalue weighted by Gasteiger charge is 2.26. The summed E-state index contributed by atoms with van der Waals surface area (Å²) < 4.78 is 16.5. The molecule has 0 aliphatic carbocycles. The van der Waals surface area contributed by atoms with E-state index in [1.54, 1.807) is 7.11 Å². The van der Waals surface area contributed by atoms with Crippen molar-refractivity contribution in [3.63, 3.8) is 0 Å². The highest BCUT2D eigenvalue weighted by molar-refractivity contribution is 5.29. The lowest BCUT2D eigenvalue weighted by atomic mass is 10.2. The zero-order valence-corrected chi connectivity index (χ0v) is 9.39. The van der Waals surface area contributed by atoms with Crippen LogP contribution in [-0.4, -0.2) is 19.8 Å². The van der Waals surface area contributed by atoms with Crippen LogP contribution in [0.3, 0.4) is 0 Å². The molecule has 2 unspecified atom stereocenters. The zero-order valence-electron chi connectivity index (χ0n) is 9.39. The molecule has 0 aromatic heterocycles. The van der Waals surface area contributed by atoms with Crippen molar-refractivity contribution in [3.05, 3.63) is 36.8 Å². The molecule has 1 heterocycles. The normalized spacial score (nSPS) is 24.6. The van der Waals surface area contributed by atoms with Crippen molar-refractivity contribution < 1.29 is 14.2 Å². The van der Waals surface area contributed by atoms with E-state index in [2.05, 4.69) is 0 Å². The molecule has 1 aromatic carbocycles. The maximum absolute atomic E-state index is 5.73. The van der Waals surface area contributed by atoms with Gasteiger partial charge in [-0.3, -0.25) is 0 Å². The van der Waals surface area contributed by atoms with Crippen LogP contribution in [0.1, 0.15) is 24.7 Å². The molecule has 16 heavy (non-hydrogen) atoms. The Kier molecular flexibility index (Phi) is 3.80. The van der Waals surface area contributed by atoms with E-state index < -0.39 is 0 Å². The van der Waals surface area contributed by atoms with Crippen LogP contribution in [0.2, 0.25) is 0 Å². The van der Waals surface area contributed by atoms with Gasteiger partial charge in [0.05, 0.1) is 19.8 Å². The number of rotatable bonds is 4. The van der Waals surface area contributed by atoms with E-state index in [9.17, 15) is 0 Å². The predicted molar refractivity (Wildman–Crippen MR) is 60.1 cm³/mol. The Morgan fingerprint density at radius 3 is 3.12 bits per heavy atom. The molecule has 0 bridgehead atoms. The largest absolute Gasteiger partial charge is 0.497 e. The molecule has 1 aliphatic heterocycles. The molecule has 1 aromatic rings. The highest BCUT2D eigenvalue weighted by Crippen LogP contribution is 2.30. The maximum atomic E-state index is 5.73. The second kappa shape index (κ2) is 5.32. The van der Waals surface area contributed by atoms with E-state index in [1.807, 2.05) is 24.3 Å². The number of hydrogen-bond acceptors (Lipinski definition) is 3. The minimum Gasteiger partial charge on any atom is -0.497 e. The number of methoxy groups -OCH3 is 1. The lowest BCUT2D eigenvalue weighted by Crippen LogP contribution is -2.08. The smallest absolute Gasteiger partial charge is 0.184 e. The second-order valence-electron chi connectivity index (χ2n) is 3.78. The number of benzene rings is 1. The first-order valence-electron chi connectivity index (χ1n) is 5.44. The molecular weight excluding hydrogens is 204 g/mol. The van der Waals surface area contributed by atoms with Crippen LogP contribution in [0.25, 0.3) is 0 Å². The van der Waals surface area contributed by atoms with Gasteiger partial charge in [-0.05, 0) is 31.9 Å². The summed E-state index contributed by atoms with van der Waals surface area (Å²) in [6.45, 7) is 6.09. The fraction of sp³-hybridized carbons (Fsp3) is 0.462. The molecule has 86 valence electrons. The van der Waals surface area contributed by atoms with Gasteiger partial charge in [0.25, 0.3) is 0 Å². The third kappa shape index (κ3) is 2.54. The second-order valence-corrected chi connectivity index (χ2v) is 3.78. The van der Waals surface area contributed by atoms with Crippen LogP contribution in [0.15, 0.2) is 24.3 Å². The molecule has 3 nitrogen and oxygen atoms in total. The molecule has 3 heteroatoms. The molecule has 2 rings (SSSR count). The lowest BCUT2D eigenvalue weighted by Gasteiger charge is -2.12. The van der Waals surface area contributed by atoms with Crippen molar-refractivity contribution in [2.24, 2.45) is 0 Å². The Hall–Kier alpha value is -1.06. The third-order valence-corrected chi connectivity index (χ3v) is 2.60. The van der Waals surface area contributed by atoms with Crippen LogP contribution < -0.4 is 4.74 Å². The lowest BCUT2D eigenvalue weighted by molar-refractivity contribution is -0.0610. The van der Waals surface area contributed by atoms with E-state index in [4.69, 9.17) is 21.1 Å². The molecule has 1 aliphatic rings. The predicted octanol–water partition coefficient (Wildman–Crippen LogP) is 2.60. The molecule has 1 saturated heterocycles. The average Bonchev–Trinajstić information content (AvgIpc) is 2.78. The molecule has 0 amide bonds. The summed E-state index contributed by atoms with van der Waals surface area (Å²) in [7, 11) is 1.65. The van der Waals surface area contributed by atoms with E-state index in [0.717, 1.165) is 17.7 Å². The monoisotopic (exact) mass is 220 g/mol. The van der Waals surface area contributed by atoms with Gasteiger partial charge in [-0.15, -0.1) is 0 Å². The van der Waals surface area contributed by atoms with Gasteiger partial charge in [0.15, 0.2) is 6.29 Å². The molecule has 2 radical (unpaired) electrons. The third-order valence-electron chi connectivity index (χ3n) is 2.60. The molecule has 1 fully saturated rings. The SMILES string of the molecule is [CH]CCC1COC(c2cccc(OC)c2)O1. The molecule has 2 atom stereocenters. The summed E-state index contributed by atoms with van der Waals surface area (Å²) in [6, 6.07) is 7.72. The zero-order chi connectivity index (χ0) is 11.4. The van der Waals surface area contributed by atoms with Crippen LogP contribution >= 0.6 is 0 Å². The summed E-state index contributed by atoms with van der Waals surface area (Å²) in [5.74, 6) is 0.812. The standard InChI is InChI=1S/C13H16O3/c1-3-5-12-9-15-13(16-12)10-6-4-7-11(8-10)14-2/h1,4,6-8,12-13H,3,5,9H2,2H3. The topological polar surface area (TPSA) is 27.7 Å². The van der Waals surface area contributed by atoms with Crippen molar-refractivity contribution in [1.82, 2.24) is 0 Å². The van der Waals surface area contributed by atoms with Crippen LogP contribution in [-0.2, 0) is 9.47 Å². The molecule has 0 spiro atoms. The maximum Gasteiger partial charge on any atom is 0.184 e. The van der Waals surface area contributed by atoms with Gasteiger partial charge in [-0.25, -0.2) is 0 Å². The van der Waals surface area contributed by atoms with E-state index in [0.29, 0.717) is 13.0 Å². The van der Waals surface area contributed by atoms with Crippen LogP contribution in [0.4, 0.5) is 0 Å². The van der Waals surface area contributed by atoms with Gasteiger partial charge in [0, 0.05) is 5.56 Å². The van der Waals surface area contributed by atoms with Crippen molar-refractivity contribution in [1.29, 1.82) is 0 Å². The summed E-state index contributed by atoms with van der Waals surface area (Å²) in [5, 5.41) is 0. The Morgan fingerprint density at radius 2 is 2.38 bits per heavy atom. The minimum absolute atomic E-state index is 0.112. The fourth-order valence-electron chi connectivity index (χ4n) is 1.75. The van der Waals surface area contributed by atoms with Gasteiger partial charge < -0.3 is 14.2 Å². The van der Waals surface area contributed by atoms with E-state index in [-0.39, 0.29) is 12.4 Å². The van der Waals surface area contributed by atoms with Gasteiger partial charge in [-0.1, -0.05) is 12.1 Å². The number of hydrogen-bond donors (Lipinski definition) is 0. The molecule has 0 saturated carbocycles. The Balaban J connectivity index is 2.02. The quantitative estimate of drug-likeness (QED) is 0.780. The average molecular weight is 220 g/mol. The highest BCUT2D eigenvalue weighted by atomic mass is 16.7. The first-order chi connectivity index (χ1) is 7.83. The summed E-state index contributed by atoms with van der Waals surface area (Å²) >= 11 is 0. The van der Waals surface area contributed by atoms with Gasteiger partial charge >= 0.3 is 0 Å². The van der Waals surface area contributed by atoms with Crippen molar-refractivity contribution >= 4 is 0 Å². The van der Waals surface area contributed by atoms with E-state index in [1.165, 1.54) is 0 Å². The summed E-state index contributed by atoms with van der Waals surface area (Å²) in [4.78, 5) is 0. The Labute approximate surface area is 96.3 Å². The molecule has 0 N–H and O–H groups in total. The van der Waals surface area contributed by atoms with Gasteiger partial charge in [0.1, 0.15) is 5.75 Å². The Morgan fingerprint density at radius 1 is 1.50 bits per heavy atom.